The number of fused-ring (bicyclic) bond motifs is 1. The van der Waals surface area contributed by atoms with E-state index < -0.39 is 20.9 Å². The van der Waals surface area contributed by atoms with Gasteiger partial charge in [-0.05, 0) is 57.9 Å². The van der Waals surface area contributed by atoms with Crippen LogP contribution in [-0.4, -0.2) is 32.5 Å². The molecule has 0 amide bonds. The van der Waals surface area contributed by atoms with Gasteiger partial charge in [-0.2, -0.15) is 0 Å². The second kappa shape index (κ2) is 9.14. The van der Waals surface area contributed by atoms with Crippen LogP contribution in [0, 0.1) is 0 Å². The van der Waals surface area contributed by atoms with Gasteiger partial charge in [0.05, 0.1) is 5.25 Å². The fraction of sp³-hybridized carbons (Fsp3) is 0.474. The molecule has 7 nitrogen and oxygen atoms in total. The van der Waals surface area contributed by atoms with Crippen LogP contribution in [0.4, 0.5) is 5.69 Å². The van der Waals surface area contributed by atoms with Crippen molar-refractivity contribution in [3.8, 4) is 0 Å². The predicted molar refractivity (Wildman–Crippen MR) is 107 cm³/mol. The van der Waals surface area contributed by atoms with Gasteiger partial charge in [0, 0.05) is 24.2 Å². The predicted octanol–water partition coefficient (Wildman–Crippen LogP) is 2.91. The van der Waals surface area contributed by atoms with E-state index in [1.165, 1.54) is 6.92 Å². The summed E-state index contributed by atoms with van der Waals surface area (Å²) in [6.45, 7) is 5.82. The lowest BCUT2D eigenvalue weighted by Gasteiger charge is -2.10. The second-order valence-corrected chi connectivity index (χ2v) is 9.05. The summed E-state index contributed by atoms with van der Waals surface area (Å²) in [5.41, 5.74) is 0.728. The van der Waals surface area contributed by atoms with E-state index in [4.69, 9.17) is 4.42 Å². The molecule has 0 aliphatic heterocycles. The third-order valence-electron chi connectivity index (χ3n) is 4.22. The standard InChI is InChI=1S/C19H26N2O5S/c1-13(2)27(24,25)21-10-6-4-5-9-20-16-7-8-18-15(11-16)12-17(14(3)22)19(23)26-18/h7-8,11-13,20-21H,4-6,9-10H2,1-3H3. The van der Waals surface area contributed by atoms with Crippen LogP contribution in [0.15, 0.2) is 33.5 Å². The molecule has 1 aromatic heterocycles. The number of hydrogen-bond donors (Lipinski definition) is 2. The van der Waals surface area contributed by atoms with E-state index in [0.29, 0.717) is 17.5 Å². The normalized spacial score (nSPS) is 11.9. The molecule has 1 aromatic carbocycles. The number of Topliss-reactive ketones (excluding diaryl/α,β-unsaturated/α-hetero) is 1. The van der Waals surface area contributed by atoms with Crippen LogP contribution >= 0.6 is 0 Å². The zero-order valence-corrected chi connectivity index (χ0v) is 16.7. The fourth-order valence-electron chi connectivity index (χ4n) is 2.52. The Hall–Kier alpha value is -2.19. The summed E-state index contributed by atoms with van der Waals surface area (Å²) in [7, 11) is -3.19. The van der Waals surface area contributed by atoms with Gasteiger partial charge in [0.2, 0.25) is 10.0 Å². The Morgan fingerprint density at radius 2 is 1.81 bits per heavy atom. The molecule has 0 aliphatic carbocycles. The summed E-state index contributed by atoms with van der Waals surface area (Å²) in [6, 6.07) is 6.90. The number of ketones is 1. The lowest BCUT2D eigenvalue weighted by Crippen LogP contribution is -2.31. The molecule has 2 N–H and O–H groups in total. The van der Waals surface area contributed by atoms with E-state index in [-0.39, 0.29) is 11.3 Å². The average Bonchev–Trinajstić information content (AvgIpc) is 2.60. The number of anilines is 1. The average molecular weight is 394 g/mol. The number of carbonyl (C=O) groups excluding carboxylic acids is 1. The first kappa shape index (κ1) is 21.1. The summed E-state index contributed by atoms with van der Waals surface area (Å²) >= 11 is 0. The fourth-order valence-corrected chi connectivity index (χ4v) is 3.28. The number of rotatable bonds is 10. The summed E-state index contributed by atoms with van der Waals surface area (Å²) in [5.74, 6) is -0.322. The Labute approximate surface area is 159 Å². The van der Waals surface area contributed by atoms with Gasteiger partial charge in [0.25, 0.3) is 0 Å². The van der Waals surface area contributed by atoms with E-state index in [2.05, 4.69) is 10.0 Å². The molecule has 0 saturated carbocycles. The minimum absolute atomic E-state index is 0.0449. The number of hydrogen-bond acceptors (Lipinski definition) is 6. The highest BCUT2D eigenvalue weighted by Crippen LogP contribution is 2.19. The first-order valence-electron chi connectivity index (χ1n) is 9.02. The zero-order valence-electron chi connectivity index (χ0n) is 15.9. The summed E-state index contributed by atoms with van der Waals surface area (Å²) in [4.78, 5) is 23.2. The second-order valence-electron chi connectivity index (χ2n) is 6.73. The Morgan fingerprint density at radius 3 is 2.48 bits per heavy atom. The molecule has 0 saturated heterocycles. The highest BCUT2D eigenvalue weighted by atomic mass is 32.2. The summed E-state index contributed by atoms with van der Waals surface area (Å²) in [5, 5.41) is 3.55. The van der Waals surface area contributed by atoms with Gasteiger partial charge in [0.15, 0.2) is 5.78 Å². The molecule has 0 radical (unpaired) electrons. The minimum atomic E-state index is -3.19. The summed E-state index contributed by atoms with van der Waals surface area (Å²) < 4.78 is 31.0. The van der Waals surface area contributed by atoms with Crippen molar-refractivity contribution in [3.05, 3.63) is 40.2 Å². The van der Waals surface area contributed by atoms with Crippen molar-refractivity contribution >= 4 is 32.5 Å². The van der Waals surface area contributed by atoms with Crippen LogP contribution in [0.5, 0.6) is 0 Å². The van der Waals surface area contributed by atoms with Crippen molar-refractivity contribution in [1.82, 2.24) is 4.72 Å². The first-order valence-corrected chi connectivity index (χ1v) is 10.6. The van der Waals surface area contributed by atoms with Crippen LogP contribution in [0.2, 0.25) is 0 Å². The lowest BCUT2D eigenvalue weighted by molar-refractivity contribution is 0.101. The highest BCUT2D eigenvalue weighted by molar-refractivity contribution is 7.90. The van der Waals surface area contributed by atoms with E-state index in [1.54, 1.807) is 26.0 Å². The first-order chi connectivity index (χ1) is 12.7. The van der Waals surface area contributed by atoms with Crippen molar-refractivity contribution in [2.45, 2.75) is 45.3 Å². The van der Waals surface area contributed by atoms with E-state index >= 15 is 0 Å². The molecule has 2 rings (SSSR count). The summed E-state index contributed by atoms with van der Waals surface area (Å²) in [6.07, 6.45) is 2.56. The molecule has 0 spiro atoms. The molecule has 8 heteroatoms. The maximum absolute atomic E-state index is 11.7. The van der Waals surface area contributed by atoms with E-state index in [0.717, 1.165) is 31.5 Å². The molecule has 0 unspecified atom stereocenters. The van der Waals surface area contributed by atoms with Gasteiger partial charge >= 0.3 is 5.63 Å². The Bertz CT molecular complexity index is 964. The van der Waals surface area contributed by atoms with Crippen LogP contribution in [0.1, 0.15) is 50.4 Å². The monoisotopic (exact) mass is 394 g/mol. The zero-order chi connectivity index (χ0) is 20.0. The van der Waals surface area contributed by atoms with Gasteiger partial charge in [-0.1, -0.05) is 6.42 Å². The SMILES string of the molecule is CC(=O)c1cc2cc(NCCCCCNS(=O)(=O)C(C)C)ccc2oc1=O. The van der Waals surface area contributed by atoms with Gasteiger partial charge in [-0.25, -0.2) is 17.9 Å². The van der Waals surface area contributed by atoms with Gasteiger partial charge in [0.1, 0.15) is 11.1 Å². The van der Waals surface area contributed by atoms with Gasteiger partial charge in [-0.3, -0.25) is 4.79 Å². The molecule has 0 bridgehead atoms. The van der Waals surface area contributed by atoms with Crippen molar-refractivity contribution in [2.75, 3.05) is 18.4 Å². The molecular weight excluding hydrogens is 368 g/mol. The number of sulfonamides is 1. The van der Waals surface area contributed by atoms with Crippen LogP contribution < -0.4 is 15.7 Å². The Kier molecular flexibility index (Phi) is 7.15. The molecule has 0 atom stereocenters. The molecular formula is C19H26N2O5S. The minimum Gasteiger partial charge on any atom is -0.422 e. The molecule has 0 aliphatic rings. The van der Waals surface area contributed by atoms with Crippen LogP contribution in [-0.2, 0) is 10.0 Å². The number of benzene rings is 1. The molecule has 1 heterocycles. The highest BCUT2D eigenvalue weighted by Gasteiger charge is 2.14. The van der Waals surface area contributed by atoms with Gasteiger partial charge in [-0.15, -0.1) is 0 Å². The van der Waals surface area contributed by atoms with Crippen LogP contribution in [0.25, 0.3) is 11.0 Å². The maximum atomic E-state index is 11.7. The van der Waals surface area contributed by atoms with Crippen molar-refractivity contribution in [2.24, 2.45) is 0 Å². The third kappa shape index (κ3) is 5.90. The van der Waals surface area contributed by atoms with Crippen molar-refractivity contribution in [1.29, 1.82) is 0 Å². The topological polar surface area (TPSA) is 105 Å². The molecule has 27 heavy (non-hydrogen) atoms. The molecule has 0 fully saturated rings. The third-order valence-corrected chi connectivity index (χ3v) is 6.07. The van der Waals surface area contributed by atoms with E-state index in [9.17, 15) is 18.0 Å². The lowest BCUT2D eigenvalue weighted by atomic mass is 10.1. The largest absolute Gasteiger partial charge is 0.422 e. The molecule has 2 aromatic rings. The maximum Gasteiger partial charge on any atom is 0.347 e. The molecule has 148 valence electrons. The quantitative estimate of drug-likeness (QED) is 0.365. The number of carbonyl (C=O) groups is 1. The number of unbranched alkanes of at least 4 members (excludes halogenated alkanes) is 2. The van der Waals surface area contributed by atoms with Crippen molar-refractivity contribution < 1.29 is 17.6 Å². The van der Waals surface area contributed by atoms with Crippen LogP contribution in [0.3, 0.4) is 0 Å². The smallest absolute Gasteiger partial charge is 0.347 e. The van der Waals surface area contributed by atoms with E-state index in [1.807, 2.05) is 12.1 Å². The number of nitrogens with one attached hydrogen (secondary N) is 2. The van der Waals surface area contributed by atoms with Gasteiger partial charge < -0.3 is 9.73 Å². The Balaban J connectivity index is 1.82. The Morgan fingerprint density at radius 1 is 1.11 bits per heavy atom. The van der Waals surface area contributed by atoms with Crippen molar-refractivity contribution in [3.63, 3.8) is 0 Å².